The van der Waals surface area contributed by atoms with Crippen molar-refractivity contribution in [1.82, 2.24) is 24.8 Å². The summed E-state index contributed by atoms with van der Waals surface area (Å²) in [6, 6.07) is 10.8. The molecular weight excluding hydrogens is 386 g/mol. The van der Waals surface area contributed by atoms with Crippen LogP contribution in [-0.4, -0.2) is 26.1 Å². The van der Waals surface area contributed by atoms with Gasteiger partial charge >= 0.3 is 0 Å². The van der Waals surface area contributed by atoms with Gasteiger partial charge in [0.2, 0.25) is 5.88 Å². The Labute approximate surface area is 182 Å². The fourth-order valence-electron chi connectivity index (χ4n) is 4.19. The molecule has 1 aliphatic rings. The summed E-state index contributed by atoms with van der Waals surface area (Å²) in [6.45, 7) is 3.07. The summed E-state index contributed by atoms with van der Waals surface area (Å²) in [6.07, 6.45) is 13.9. The molecule has 0 saturated heterocycles. The van der Waals surface area contributed by atoms with Crippen LogP contribution < -0.4 is 10.1 Å². The molecule has 0 spiro atoms. The number of aromatic nitrogens is 4. The maximum atomic E-state index is 6.16. The minimum Gasteiger partial charge on any atom is -0.472 e. The van der Waals surface area contributed by atoms with E-state index in [1.807, 2.05) is 37.1 Å². The Kier molecular flexibility index (Phi) is 5.89. The van der Waals surface area contributed by atoms with E-state index < -0.39 is 0 Å². The Hall–Kier alpha value is -3.25. The number of fused-ring (bicyclic) bond motifs is 2. The molecule has 0 radical (unpaired) electrons. The van der Waals surface area contributed by atoms with Crippen LogP contribution in [0, 0.1) is 0 Å². The fraction of sp³-hybridized carbons (Fsp3) is 0.320. The number of ether oxygens (including phenoxy) is 1. The van der Waals surface area contributed by atoms with Crippen molar-refractivity contribution in [2.75, 3.05) is 6.54 Å². The molecule has 0 fully saturated rings. The second-order valence-electron chi connectivity index (χ2n) is 8.10. The minimum absolute atomic E-state index is 0.463. The number of hydrogen-bond acceptors (Lipinski definition) is 5. The first-order valence-corrected chi connectivity index (χ1v) is 11.0. The van der Waals surface area contributed by atoms with E-state index in [2.05, 4.69) is 38.1 Å². The lowest BCUT2D eigenvalue weighted by Gasteiger charge is -2.14. The number of aryl methyl sites for hydroxylation is 3. The van der Waals surface area contributed by atoms with Gasteiger partial charge in [-0.05, 0) is 67.6 Å². The summed E-state index contributed by atoms with van der Waals surface area (Å²) >= 11 is 0. The van der Waals surface area contributed by atoms with Gasteiger partial charge in [0, 0.05) is 54.4 Å². The van der Waals surface area contributed by atoms with Crippen molar-refractivity contribution in [2.45, 2.75) is 45.4 Å². The third-order valence-corrected chi connectivity index (χ3v) is 5.81. The minimum atomic E-state index is 0.463. The van der Waals surface area contributed by atoms with E-state index in [1.54, 1.807) is 6.20 Å². The highest BCUT2D eigenvalue weighted by molar-refractivity contribution is 5.82. The normalized spacial score (nSPS) is 12.9. The van der Waals surface area contributed by atoms with Gasteiger partial charge in [0.1, 0.15) is 6.61 Å². The van der Waals surface area contributed by atoms with Crippen LogP contribution in [0.1, 0.15) is 35.1 Å². The largest absolute Gasteiger partial charge is 0.472 e. The molecule has 3 heterocycles. The van der Waals surface area contributed by atoms with Crippen LogP contribution in [0.5, 0.6) is 5.88 Å². The molecule has 3 aromatic heterocycles. The van der Waals surface area contributed by atoms with Crippen LogP contribution >= 0.6 is 0 Å². The summed E-state index contributed by atoms with van der Waals surface area (Å²) in [5.74, 6) is 0.705. The summed E-state index contributed by atoms with van der Waals surface area (Å²) in [7, 11) is 0. The highest BCUT2D eigenvalue weighted by Gasteiger charge is 2.15. The molecule has 0 bridgehead atoms. The average molecular weight is 414 g/mol. The van der Waals surface area contributed by atoms with E-state index in [0.29, 0.717) is 12.5 Å². The van der Waals surface area contributed by atoms with E-state index in [1.165, 1.54) is 29.4 Å². The monoisotopic (exact) mass is 413 g/mol. The van der Waals surface area contributed by atoms with Crippen molar-refractivity contribution in [3.05, 3.63) is 83.7 Å². The number of nitrogens with one attached hydrogen (secondary N) is 1. The van der Waals surface area contributed by atoms with Gasteiger partial charge in [-0.2, -0.15) is 0 Å². The molecule has 0 saturated carbocycles. The van der Waals surface area contributed by atoms with Crippen molar-refractivity contribution in [1.29, 1.82) is 0 Å². The summed E-state index contributed by atoms with van der Waals surface area (Å²) in [5, 5.41) is 4.75. The van der Waals surface area contributed by atoms with Crippen LogP contribution in [0.25, 0.3) is 10.9 Å². The summed E-state index contributed by atoms with van der Waals surface area (Å²) < 4.78 is 8.26. The van der Waals surface area contributed by atoms with Gasteiger partial charge in [0.25, 0.3) is 0 Å². The number of nitrogens with zero attached hydrogens (tertiary/aromatic N) is 4. The van der Waals surface area contributed by atoms with Crippen LogP contribution in [-0.2, 0) is 32.5 Å². The van der Waals surface area contributed by atoms with E-state index in [-0.39, 0.29) is 0 Å². The van der Waals surface area contributed by atoms with Gasteiger partial charge in [0.15, 0.2) is 0 Å². The molecule has 1 aromatic carbocycles. The first-order chi connectivity index (χ1) is 15.3. The van der Waals surface area contributed by atoms with Crippen LogP contribution in [0.3, 0.4) is 0 Å². The molecule has 1 aliphatic carbocycles. The molecule has 5 rings (SSSR count). The average Bonchev–Trinajstić information content (AvgIpc) is 3.48. The van der Waals surface area contributed by atoms with Crippen LogP contribution in [0.2, 0.25) is 0 Å². The van der Waals surface area contributed by atoms with Gasteiger partial charge < -0.3 is 14.6 Å². The van der Waals surface area contributed by atoms with Crippen molar-refractivity contribution < 1.29 is 4.74 Å². The maximum Gasteiger partial charge on any atom is 0.218 e. The first-order valence-electron chi connectivity index (χ1n) is 11.0. The molecule has 31 heavy (non-hydrogen) atoms. The third-order valence-electron chi connectivity index (χ3n) is 5.81. The lowest BCUT2D eigenvalue weighted by molar-refractivity contribution is 0.290. The molecule has 6 nitrogen and oxygen atoms in total. The van der Waals surface area contributed by atoms with Crippen molar-refractivity contribution >= 4 is 10.9 Å². The first kappa shape index (κ1) is 19.7. The predicted octanol–water partition coefficient (Wildman–Crippen LogP) is 4.07. The predicted molar refractivity (Wildman–Crippen MR) is 121 cm³/mol. The Morgan fingerprint density at radius 3 is 2.84 bits per heavy atom. The Balaban J connectivity index is 1.32. The number of benzene rings is 1. The molecule has 0 amide bonds. The van der Waals surface area contributed by atoms with Gasteiger partial charge in [-0.15, -0.1) is 0 Å². The van der Waals surface area contributed by atoms with E-state index in [0.717, 1.165) is 49.1 Å². The number of pyridine rings is 2. The fourth-order valence-corrected chi connectivity index (χ4v) is 4.19. The van der Waals surface area contributed by atoms with Crippen molar-refractivity contribution in [2.24, 2.45) is 0 Å². The molecule has 0 atom stereocenters. The summed E-state index contributed by atoms with van der Waals surface area (Å²) in [5.41, 5.74) is 6.06. The Bertz CT molecular complexity index is 1140. The Morgan fingerprint density at radius 2 is 2.00 bits per heavy atom. The van der Waals surface area contributed by atoms with E-state index in [4.69, 9.17) is 9.72 Å². The standard InChI is InChI=1S/C25H27N5O/c1-5-20-12-22-13-23(16-27-8-3-10-30-11-9-28-18-30)25(29-24(22)14-21(20)6-1)31-17-19-4-2-7-26-15-19/h2,4,7,9,11-15,18,27H,1,3,5-6,8,10,16-17H2. The zero-order valence-electron chi connectivity index (χ0n) is 17.6. The number of hydrogen-bond donors (Lipinski definition) is 1. The highest BCUT2D eigenvalue weighted by atomic mass is 16.5. The molecule has 4 aromatic rings. The van der Waals surface area contributed by atoms with Crippen molar-refractivity contribution in [3.8, 4) is 5.88 Å². The topological polar surface area (TPSA) is 64.9 Å². The number of rotatable bonds is 9. The van der Waals surface area contributed by atoms with Gasteiger partial charge in [-0.1, -0.05) is 6.07 Å². The van der Waals surface area contributed by atoms with Crippen molar-refractivity contribution in [3.63, 3.8) is 0 Å². The second-order valence-corrected chi connectivity index (χ2v) is 8.10. The smallest absolute Gasteiger partial charge is 0.218 e. The second kappa shape index (κ2) is 9.27. The quantitative estimate of drug-likeness (QED) is 0.419. The van der Waals surface area contributed by atoms with Gasteiger partial charge in [-0.3, -0.25) is 4.98 Å². The van der Waals surface area contributed by atoms with Crippen LogP contribution in [0.15, 0.2) is 61.4 Å². The highest BCUT2D eigenvalue weighted by Crippen LogP contribution is 2.30. The molecule has 158 valence electrons. The molecule has 0 unspecified atom stereocenters. The lowest BCUT2D eigenvalue weighted by atomic mass is 10.0. The molecule has 6 heteroatoms. The van der Waals surface area contributed by atoms with E-state index >= 15 is 0 Å². The third kappa shape index (κ3) is 4.75. The van der Waals surface area contributed by atoms with Gasteiger partial charge in [0.05, 0.1) is 11.8 Å². The molecule has 0 aliphatic heterocycles. The van der Waals surface area contributed by atoms with Crippen LogP contribution in [0.4, 0.5) is 0 Å². The molecule has 1 N–H and O–H groups in total. The molecular formula is C25H27N5O. The zero-order chi connectivity index (χ0) is 20.9. The SMILES string of the molecule is c1cncc(COc2nc3cc4c(cc3cc2CNCCCn2ccnc2)CCC4)c1. The Morgan fingerprint density at radius 1 is 1.06 bits per heavy atom. The number of imidazole rings is 1. The zero-order valence-corrected chi connectivity index (χ0v) is 17.6. The van der Waals surface area contributed by atoms with Gasteiger partial charge in [-0.25, -0.2) is 9.97 Å². The van der Waals surface area contributed by atoms with E-state index in [9.17, 15) is 0 Å². The summed E-state index contributed by atoms with van der Waals surface area (Å²) in [4.78, 5) is 13.2. The lowest BCUT2D eigenvalue weighted by Crippen LogP contribution is -2.17. The maximum absolute atomic E-state index is 6.16.